The number of hydrogen-bond acceptors (Lipinski definition) is 9. The van der Waals surface area contributed by atoms with Crippen LogP contribution in [0.15, 0.2) is 29.1 Å². The van der Waals surface area contributed by atoms with Crippen LogP contribution in [-0.4, -0.2) is 33.8 Å². The van der Waals surface area contributed by atoms with E-state index in [1.807, 2.05) is 6.07 Å². The van der Waals surface area contributed by atoms with Gasteiger partial charge in [0.05, 0.1) is 35.4 Å². The number of pyridine rings is 1. The largest absolute Gasteiger partial charge is 0.414 e. The topological polar surface area (TPSA) is 126 Å². The van der Waals surface area contributed by atoms with Crippen LogP contribution >= 0.6 is 11.3 Å². The lowest BCUT2D eigenvalue weighted by atomic mass is 10.3. The van der Waals surface area contributed by atoms with Gasteiger partial charge in [-0.05, 0) is 19.9 Å². The zero-order chi connectivity index (χ0) is 21.2. The lowest BCUT2D eigenvalue weighted by Crippen LogP contribution is -2.36. The van der Waals surface area contributed by atoms with E-state index in [1.54, 1.807) is 0 Å². The summed E-state index contributed by atoms with van der Waals surface area (Å²) in [6.45, 7) is 2.92. The molecule has 3 heterocycles. The molecule has 0 saturated carbocycles. The molecule has 0 saturated heterocycles. The highest BCUT2D eigenvalue weighted by atomic mass is 32.2. The van der Waals surface area contributed by atoms with Gasteiger partial charge in [-0.3, -0.25) is 9.29 Å². The monoisotopic (exact) mass is 440 g/mol. The number of alkyl halides is 2. The number of hydrogen-bond donors (Lipinski definition) is 0. The number of halogens is 2. The van der Waals surface area contributed by atoms with Gasteiger partial charge >= 0.3 is 6.43 Å². The van der Waals surface area contributed by atoms with Crippen molar-refractivity contribution >= 4 is 27.0 Å². The first-order valence-electron chi connectivity index (χ1n) is 8.15. The van der Waals surface area contributed by atoms with Crippen LogP contribution in [-0.2, 0) is 16.6 Å². The lowest BCUT2D eigenvalue weighted by Gasteiger charge is -2.25. The zero-order valence-electron chi connectivity index (χ0n) is 15.2. The molecule has 0 spiro atoms. The molecule has 3 aromatic rings. The van der Waals surface area contributed by atoms with Crippen molar-refractivity contribution in [2.24, 2.45) is 0 Å². The minimum atomic E-state index is -3.78. The highest BCUT2D eigenvalue weighted by molar-refractivity contribution is 7.93. The molecule has 0 bridgehead atoms. The van der Waals surface area contributed by atoms with Gasteiger partial charge in [0, 0.05) is 6.20 Å². The molecule has 3 rings (SSSR count). The van der Waals surface area contributed by atoms with E-state index >= 15 is 0 Å². The zero-order valence-corrected chi connectivity index (χ0v) is 16.8. The summed E-state index contributed by atoms with van der Waals surface area (Å²) in [6.07, 6.45) is 1.10. The average molecular weight is 440 g/mol. The van der Waals surface area contributed by atoms with Crippen molar-refractivity contribution in [1.29, 1.82) is 5.26 Å². The summed E-state index contributed by atoms with van der Waals surface area (Å²) in [5, 5.41) is 15.5. The summed E-state index contributed by atoms with van der Waals surface area (Å²) in [6, 6.07) is 3.33. The van der Waals surface area contributed by atoms with E-state index < -0.39 is 27.6 Å². The normalized spacial score (nSPS) is 11.8. The van der Waals surface area contributed by atoms with Crippen LogP contribution in [0, 0.1) is 11.3 Å². The first kappa shape index (κ1) is 20.7. The van der Waals surface area contributed by atoms with Crippen LogP contribution in [0.2, 0.25) is 0 Å². The molecular formula is C16H14F2N6O3S2. The van der Waals surface area contributed by atoms with Gasteiger partial charge < -0.3 is 4.42 Å². The molecule has 0 aromatic carbocycles. The molecule has 3 aromatic heterocycles. The fraction of sp³-hybridized carbons (Fsp3) is 0.312. The molecule has 0 fully saturated rings. The number of nitrogens with zero attached hydrogens (tertiary/aromatic N) is 6. The predicted octanol–water partition coefficient (Wildman–Crippen LogP) is 3.14. The van der Waals surface area contributed by atoms with Crippen molar-refractivity contribution in [3.63, 3.8) is 0 Å². The minimum absolute atomic E-state index is 0.129. The van der Waals surface area contributed by atoms with Gasteiger partial charge in [0.15, 0.2) is 0 Å². The highest BCUT2D eigenvalue weighted by Crippen LogP contribution is 2.30. The second kappa shape index (κ2) is 8.18. The van der Waals surface area contributed by atoms with Gasteiger partial charge in [0.2, 0.25) is 10.0 Å². The van der Waals surface area contributed by atoms with Gasteiger partial charge in [-0.15, -0.1) is 21.5 Å². The van der Waals surface area contributed by atoms with E-state index in [9.17, 15) is 17.2 Å². The molecule has 0 unspecified atom stereocenters. The molecule has 13 heteroatoms. The highest BCUT2D eigenvalue weighted by Gasteiger charge is 2.28. The van der Waals surface area contributed by atoms with Gasteiger partial charge in [-0.2, -0.15) is 14.0 Å². The minimum Gasteiger partial charge on any atom is -0.414 e. The number of nitriles is 1. The molecule has 0 aliphatic rings. The summed E-state index contributed by atoms with van der Waals surface area (Å²) >= 11 is 1.03. The number of rotatable bonds is 7. The molecule has 0 atom stereocenters. The molecule has 0 aliphatic carbocycles. The predicted molar refractivity (Wildman–Crippen MR) is 99.6 cm³/mol. The van der Waals surface area contributed by atoms with E-state index in [2.05, 4.69) is 20.2 Å². The Bertz CT molecular complexity index is 1150. The summed E-state index contributed by atoms with van der Waals surface area (Å²) in [7, 11) is -3.78. The summed E-state index contributed by atoms with van der Waals surface area (Å²) in [5.41, 5.74) is 0.420. The van der Waals surface area contributed by atoms with Gasteiger partial charge in [0.1, 0.15) is 16.0 Å². The molecule has 0 amide bonds. The Morgan fingerprint density at radius 3 is 2.66 bits per heavy atom. The van der Waals surface area contributed by atoms with Crippen molar-refractivity contribution in [1.82, 2.24) is 20.2 Å². The van der Waals surface area contributed by atoms with E-state index in [-0.39, 0.29) is 23.7 Å². The van der Waals surface area contributed by atoms with E-state index in [4.69, 9.17) is 9.68 Å². The van der Waals surface area contributed by atoms with E-state index in [0.29, 0.717) is 9.88 Å². The summed E-state index contributed by atoms with van der Waals surface area (Å²) < 4.78 is 56.9. The summed E-state index contributed by atoms with van der Waals surface area (Å²) in [4.78, 5) is 8.38. The van der Waals surface area contributed by atoms with E-state index in [0.717, 1.165) is 15.6 Å². The Hall–Kier alpha value is -2.98. The Labute approximate surface area is 168 Å². The molecule has 0 radical (unpaired) electrons. The van der Waals surface area contributed by atoms with Crippen molar-refractivity contribution < 1.29 is 21.6 Å². The van der Waals surface area contributed by atoms with Crippen molar-refractivity contribution in [2.45, 2.75) is 32.1 Å². The fourth-order valence-electron chi connectivity index (χ4n) is 2.24. The lowest BCUT2D eigenvalue weighted by molar-refractivity contribution is 0.116. The van der Waals surface area contributed by atoms with Crippen LogP contribution in [0.4, 0.5) is 14.5 Å². The smallest absolute Gasteiger partial charge is 0.314 e. The standard InChI is InChI=1S/C16H14F2N6O3S2/c1-9(2)29(25,26)24(11-3-10(4-19)5-20-6-11)8-13-21-7-12(28-13)15-22-23-16(27-15)14(17)18/h3,5-7,9,14H,8H2,1-2H3. The van der Waals surface area contributed by atoms with Crippen molar-refractivity contribution in [2.75, 3.05) is 4.31 Å². The molecule has 152 valence electrons. The molecule has 0 N–H and O–H groups in total. The van der Waals surface area contributed by atoms with Gasteiger partial charge in [0.25, 0.3) is 11.8 Å². The Morgan fingerprint density at radius 2 is 2.03 bits per heavy atom. The van der Waals surface area contributed by atoms with Crippen LogP contribution in [0.25, 0.3) is 10.8 Å². The first-order chi connectivity index (χ1) is 13.7. The third-order valence-electron chi connectivity index (χ3n) is 3.71. The first-order valence-corrected chi connectivity index (χ1v) is 10.5. The third-order valence-corrected chi connectivity index (χ3v) is 6.83. The maximum Gasteiger partial charge on any atom is 0.314 e. The molecule has 0 aliphatic heterocycles. The van der Waals surface area contributed by atoms with Gasteiger partial charge in [-0.1, -0.05) is 0 Å². The average Bonchev–Trinajstić information content (AvgIpc) is 3.35. The Balaban J connectivity index is 1.94. The SMILES string of the molecule is CC(C)S(=O)(=O)N(Cc1ncc(-c2nnc(C(F)F)o2)s1)c1cncc(C#N)c1. The third kappa shape index (κ3) is 4.38. The Kier molecular flexibility index (Phi) is 5.85. The maximum atomic E-state index is 12.9. The number of thiazole rings is 1. The van der Waals surface area contributed by atoms with Crippen molar-refractivity contribution in [3.8, 4) is 16.8 Å². The van der Waals surface area contributed by atoms with Crippen LogP contribution in [0.3, 0.4) is 0 Å². The van der Waals surface area contributed by atoms with E-state index in [1.165, 1.54) is 38.5 Å². The van der Waals surface area contributed by atoms with Crippen LogP contribution in [0.5, 0.6) is 0 Å². The number of anilines is 1. The second-order valence-electron chi connectivity index (χ2n) is 6.01. The Morgan fingerprint density at radius 1 is 1.28 bits per heavy atom. The van der Waals surface area contributed by atoms with Crippen molar-refractivity contribution in [3.05, 3.63) is 41.1 Å². The summed E-state index contributed by atoms with van der Waals surface area (Å²) in [5.74, 6) is -0.936. The molecular weight excluding hydrogens is 426 g/mol. The quantitative estimate of drug-likeness (QED) is 0.548. The van der Waals surface area contributed by atoms with Crippen LogP contribution < -0.4 is 4.31 Å². The maximum absolute atomic E-state index is 12.9. The van der Waals surface area contributed by atoms with Crippen LogP contribution in [0.1, 0.15) is 36.7 Å². The van der Waals surface area contributed by atoms with Gasteiger partial charge in [-0.25, -0.2) is 13.4 Å². The number of aromatic nitrogens is 4. The molecule has 29 heavy (non-hydrogen) atoms. The molecule has 9 nitrogen and oxygen atoms in total. The number of sulfonamides is 1. The second-order valence-corrected chi connectivity index (χ2v) is 9.54. The fourth-order valence-corrected chi connectivity index (χ4v) is 4.35.